The lowest BCUT2D eigenvalue weighted by Gasteiger charge is -2.50. The van der Waals surface area contributed by atoms with E-state index in [-0.39, 0.29) is 23.3 Å². The number of aromatic nitrogens is 1. The fraction of sp³-hybridized carbons (Fsp3) is 0.560. The van der Waals surface area contributed by atoms with Crippen LogP contribution in [0.1, 0.15) is 68.3 Å². The smallest absolute Gasteiger partial charge is 0.301 e. The molecule has 1 amide bonds. The number of fused-ring (bicyclic) bond motifs is 5. The predicted molar refractivity (Wildman–Crippen MR) is 114 cm³/mol. The third-order valence-electron chi connectivity index (χ3n) is 8.09. The Bertz CT molecular complexity index is 980. The first kappa shape index (κ1) is 19.5. The van der Waals surface area contributed by atoms with Crippen LogP contribution < -0.4 is 5.32 Å². The summed E-state index contributed by atoms with van der Waals surface area (Å²) in [5.74, 6) is 2.79. The highest BCUT2D eigenvalue weighted by atomic mass is 16.4. The zero-order chi connectivity index (χ0) is 20.9. The highest BCUT2D eigenvalue weighted by molar-refractivity contribution is 5.89. The average molecular weight is 407 g/mol. The number of benzene rings is 1. The summed E-state index contributed by atoms with van der Waals surface area (Å²) in [7, 11) is 0. The molecule has 0 spiro atoms. The topological polar surface area (TPSA) is 72.2 Å². The van der Waals surface area contributed by atoms with Crippen molar-refractivity contribution < 1.29 is 14.0 Å². The number of carbonyl (C=O) groups is 2. The van der Waals surface area contributed by atoms with E-state index in [4.69, 9.17) is 4.42 Å². The van der Waals surface area contributed by atoms with Crippen molar-refractivity contribution in [1.82, 2.24) is 4.98 Å². The lowest BCUT2D eigenvalue weighted by atomic mass is 9.54. The molecule has 1 aromatic heterocycles. The van der Waals surface area contributed by atoms with Gasteiger partial charge in [-0.1, -0.05) is 31.2 Å². The van der Waals surface area contributed by atoms with Crippen LogP contribution in [0, 0.1) is 30.1 Å². The molecule has 3 aliphatic carbocycles. The van der Waals surface area contributed by atoms with Gasteiger partial charge in [-0.3, -0.25) is 14.9 Å². The maximum Gasteiger partial charge on any atom is 0.301 e. The largest absolute Gasteiger partial charge is 0.429 e. The van der Waals surface area contributed by atoms with Crippen molar-refractivity contribution in [2.24, 2.45) is 23.2 Å². The molecule has 1 heterocycles. The number of carbonyl (C=O) groups excluding carboxylic acids is 2. The second kappa shape index (κ2) is 7.36. The first-order valence-electron chi connectivity index (χ1n) is 11.3. The Morgan fingerprint density at radius 2 is 2.13 bits per heavy atom. The van der Waals surface area contributed by atoms with Crippen molar-refractivity contribution in [3.63, 3.8) is 0 Å². The molecule has 1 aromatic carbocycles. The van der Waals surface area contributed by atoms with Gasteiger partial charge in [0.1, 0.15) is 11.5 Å². The summed E-state index contributed by atoms with van der Waals surface area (Å²) in [6, 6.07) is 9.12. The van der Waals surface area contributed by atoms with E-state index < -0.39 is 0 Å². The number of rotatable bonds is 4. The third kappa shape index (κ3) is 3.19. The molecule has 0 bridgehead atoms. The second-order valence-corrected chi connectivity index (χ2v) is 9.74. The van der Waals surface area contributed by atoms with Gasteiger partial charge in [0.2, 0.25) is 5.91 Å². The monoisotopic (exact) mass is 406 g/mol. The lowest BCUT2D eigenvalue weighted by Crippen LogP contribution is -2.44. The second-order valence-electron chi connectivity index (χ2n) is 9.74. The molecule has 2 aromatic rings. The van der Waals surface area contributed by atoms with E-state index in [2.05, 4.69) is 41.5 Å². The normalized spacial score (nSPS) is 32.3. The third-order valence-corrected chi connectivity index (χ3v) is 8.09. The summed E-state index contributed by atoms with van der Waals surface area (Å²) in [4.78, 5) is 29.6. The molecule has 1 N–H and O–H groups in total. The molecule has 0 aliphatic heterocycles. The van der Waals surface area contributed by atoms with Gasteiger partial charge in [0, 0.05) is 18.3 Å². The molecule has 30 heavy (non-hydrogen) atoms. The fourth-order valence-electron chi connectivity index (χ4n) is 6.76. The Balaban J connectivity index is 1.33. The van der Waals surface area contributed by atoms with Crippen LogP contribution >= 0.6 is 0 Å². The molecule has 5 rings (SSSR count). The van der Waals surface area contributed by atoms with Gasteiger partial charge in [0.05, 0.1) is 6.20 Å². The van der Waals surface area contributed by atoms with Gasteiger partial charge >= 0.3 is 6.01 Å². The summed E-state index contributed by atoms with van der Waals surface area (Å²) >= 11 is 0. The molecule has 3 aliphatic rings. The Morgan fingerprint density at radius 3 is 2.93 bits per heavy atom. The van der Waals surface area contributed by atoms with Crippen LogP contribution in [0.4, 0.5) is 6.01 Å². The van der Waals surface area contributed by atoms with E-state index >= 15 is 0 Å². The Hall–Kier alpha value is -2.43. The van der Waals surface area contributed by atoms with Crippen LogP contribution in [-0.2, 0) is 16.0 Å². The highest BCUT2D eigenvalue weighted by Crippen LogP contribution is 2.62. The molecule has 3 unspecified atom stereocenters. The number of aryl methyl sites for hydroxylation is 2. The molecule has 2 saturated carbocycles. The van der Waals surface area contributed by atoms with Crippen LogP contribution in [0.5, 0.6) is 0 Å². The maximum absolute atomic E-state index is 13.1. The summed E-state index contributed by atoms with van der Waals surface area (Å²) in [6.07, 6.45) is 7.73. The molecule has 5 nitrogen and oxygen atoms in total. The van der Waals surface area contributed by atoms with Crippen molar-refractivity contribution in [2.75, 3.05) is 5.32 Å². The first-order valence-corrected chi connectivity index (χ1v) is 11.3. The number of hydrogen-bond acceptors (Lipinski definition) is 4. The maximum atomic E-state index is 13.1. The molecule has 5 heteroatoms. The van der Waals surface area contributed by atoms with E-state index in [0.29, 0.717) is 42.1 Å². The van der Waals surface area contributed by atoms with Gasteiger partial charge in [-0.05, 0) is 73.8 Å². The van der Waals surface area contributed by atoms with Crippen LogP contribution in [0.2, 0.25) is 0 Å². The van der Waals surface area contributed by atoms with E-state index in [9.17, 15) is 9.59 Å². The molecular formula is C25H30N2O3. The highest BCUT2D eigenvalue weighted by Gasteiger charge is 2.58. The SMILES string of the molecule is Cc1cnc(NC(=O)CC[C@@H]2CC(=O)[C@@]3(C)CCC4c5ccccc5CCC4C23)o1. The zero-order valence-corrected chi connectivity index (χ0v) is 17.8. The standard InChI is InChI=1S/C25H30N2O3/c1-15-14-26-24(30-15)27-22(29)10-8-17-13-21(28)25(2)12-11-19-18-6-4-3-5-16(18)7-9-20(19)23(17)25/h3-6,14,17,19-20,23H,7-13H2,1-2H3,(H,26,27,29)/t17-,19?,20?,23?,25-/m1/s1. The summed E-state index contributed by atoms with van der Waals surface area (Å²) < 4.78 is 5.35. The number of Topliss-reactive ketones (excluding diaryl/α,β-unsaturated/α-hetero) is 1. The molecule has 0 radical (unpaired) electrons. The number of oxazole rings is 1. The quantitative estimate of drug-likeness (QED) is 0.771. The van der Waals surface area contributed by atoms with E-state index in [0.717, 1.165) is 32.1 Å². The van der Waals surface area contributed by atoms with Crippen molar-refractivity contribution >= 4 is 17.7 Å². The minimum absolute atomic E-state index is 0.0840. The molecule has 158 valence electrons. The summed E-state index contributed by atoms with van der Waals surface area (Å²) in [5.41, 5.74) is 2.78. The first-order chi connectivity index (χ1) is 14.5. The van der Waals surface area contributed by atoms with Crippen molar-refractivity contribution in [2.45, 2.75) is 64.7 Å². The minimum atomic E-state index is -0.214. The molecule has 2 fully saturated rings. The fourth-order valence-corrected chi connectivity index (χ4v) is 6.76. The predicted octanol–water partition coefficient (Wildman–Crippen LogP) is 5.05. The molecular weight excluding hydrogens is 376 g/mol. The van der Waals surface area contributed by atoms with E-state index in [1.807, 2.05) is 0 Å². The number of hydrogen-bond donors (Lipinski definition) is 1. The van der Waals surface area contributed by atoms with E-state index in [1.165, 1.54) is 11.1 Å². The van der Waals surface area contributed by atoms with Crippen molar-refractivity contribution in [1.29, 1.82) is 0 Å². The van der Waals surface area contributed by atoms with Crippen molar-refractivity contribution in [3.8, 4) is 0 Å². The van der Waals surface area contributed by atoms with Gasteiger partial charge in [-0.2, -0.15) is 0 Å². The van der Waals surface area contributed by atoms with Crippen LogP contribution in [0.3, 0.4) is 0 Å². The van der Waals surface area contributed by atoms with E-state index in [1.54, 1.807) is 13.1 Å². The summed E-state index contributed by atoms with van der Waals surface area (Å²) in [6.45, 7) is 4.00. The zero-order valence-electron chi connectivity index (χ0n) is 17.8. The van der Waals surface area contributed by atoms with Crippen LogP contribution in [-0.4, -0.2) is 16.7 Å². The average Bonchev–Trinajstić information content (AvgIpc) is 3.26. The van der Waals surface area contributed by atoms with Crippen LogP contribution in [0.15, 0.2) is 34.9 Å². The number of amides is 1. The van der Waals surface area contributed by atoms with Gasteiger partial charge < -0.3 is 4.42 Å². The van der Waals surface area contributed by atoms with Gasteiger partial charge in [-0.15, -0.1) is 0 Å². The van der Waals surface area contributed by atoms with Gasteiger partial charge in [-0.25, -0.2) is 4.98 Å². The summed E-state index contributed by atoms with van der Waals surface area (Å²) in [5, 5.41) is 2.75. The lowest BCUT2D eigenvalue weighted by molar-refractivity contribution is -0.129. The van der Waals surface area contributed by atoms with Crippen LogP contribution in [0.25, 0.3) is 0 Å². The number of nitrogens with one attached hydrogen (secondary N) is 1. The Kier molecular flexibility index (Phi) is 4.79. The van der Waals surface area contributed by atoms with Crippen molar-refractivity contribution in [3.05, 3.63) is 47.3 Å². The van der Waals surface area contributed by atoms with Gasteiger partial charge in [0.25, 0.3) is 0 Å². The molecule has 0 saturated heterocycles. The molecule has 5 atom stereocenters. The Labute approximate surface area is 177 Å². The number of nitrogens with zero attached hydrogens (tertiary/aromatic N) is 1. The Morgan fingerprint density at radius 1 is 1.30 bits per heavy atom. The number of anilines is 1. The van der Waals surface area contributed by atoms with Gasteiger partial charge in [0.15, 0.2) is 0 Å². The minimum Gasteiger partial charge on any atom is -0.429 e. The number of ketones is 1.